The molecule has 1 fully saturated rings. The highest BCUT2D eigenvalue weighted by atomic mass is 16.5. The van der Waals surface area contributed by atoms with Crippen molar-refractivity contribution >= 4 is 5.97 Å². The summed E-state index contributed by atoms with van der Waals surface area (Å²) in [4.78, 5) is 12.2. The van der Waals surface area contributed by atoms with Gasteiger partial charge in [-0.3, -0.25) is 4.79 Å². The zero-order valence-corrected chi connectivity index (χ0v) is 12.5. The Bertz CT molecular complexity index is 653. The lowest BCUT2D eigenvalue weighted by atomic mass is 9.98. The number of fused-ring (bicyclic) bond motifs is 3. The largest absolute Gasteiger partial charge is 0.464 e. The van der Waals surface area contributed by atoms with Crippen LogP contribution in [0.3, 0.4) is 0 Å². The zero-order chi connectivity index (χ0) is 14.9. The third kappa shape index (κ3) is 2.23. The molecule has 0 saturated heterocycles. The molecule has 2 aromatic carbocycles. The Balaban J connectivity index is 1.57. The lowest BCUT2D eigenvalue weighted by Crippen LogP contribution is -2.17. The Labute approximate surface area is 131 Å². The van der Waals surface area contributed by atoms with E-state index in [1.54, 1.807) is 0 Å². The minimum Gasteiger partial charge on any atom is -0.464 e. The molecule has 0 atom stereocenters. The maximum absolute atomic E-state index is 12.2. The summed E-state index contributed by atoms with van der Waals surface area (Å²) in [6.07, 6.45) is 4.08. The molecule has 2 nitrogen and oxygen atoms in total. The molecule has 2 aliphatic rings. The molecule has 0 bridgehead atoms. The van der Waals surface area contributed by atoms with E-state index in [0.717, 1.165) is 31.6 Å². The number of carbonyl (C=O) groups excluding carboxylic acids is 1. The highest BCUT2D eigenvalue weighted by Crippen LogP contribution is 2.44. The summed E-state index contributed by atoms with van der Waals surface area (Å²) in [7, 11) is 0. The summed E-state index contributed by atoms with van der Waals surface area (Å²) in [6, 6.07) is 16.9. The van der Waals surface area contributed by atoms with E-state index in [9.17, 15) is 4.79 Å². The van der Waals surface area contributed by atoms with Crippen molar-refractivity contribution in [2.45, 2.75) is 31.6 Å². The van der Waals surface area contributed by atoms with Crippen molar-refractivity contribution in [1.29, 1.82) is 0 Å². The molecule has 0 heterocycles. The fourth-order valence-corrected chi connectivity index (χ4v) is 3.71. The fourth-order valence-electron chi connectivity index (χ4n) is 3.71. The number of rotatable bonds is 3. The minimum absolute atomic E-state index is 0.0839. The number of benzene rings is 2. The van der Waals surface area contributed by atoms with Crippen LogP contribution >= 0.6 is 0 Å². The van der Waals surface area contributed by atoms with Crippen LogP contribution in [0.2, 0.25) is 0 Å². The van der Waals surface area contributed by atoms with Gasteiger partial charge < -0.3 is 4.74 Å². The van der Waals surface area contributed by atoms with E-state index >= 15 is 0 Å². The van der Waals surface area contributed by atoms with Crippen molar-refractivity contribution in [2.24, 2.45) is 0 Å². The normalized spacial score (nSPS) is 17.3. The van der Waals surface area contributed by atoms with Gasteiger partial charge in [-0.1, -0.05) is 61.4 Å². The fraction of sp³-hybridized carbons (Fsp3) is 0.300. The highest BCUT2D eigenvalue weighted by molar-refractivity contribution is 5.85. The first kappa shape index (κ1) is 13.6. The van der Waals surface area contributed by atoms with Gasteiger partial charge >= 0.3 is 5.97 Å². The molecule has 0 aromatic heterocycles. The molecule has 0 aliphatic heterocycles. The van der Waals surface area contributed by atoms with Crippen molar-refractivity contribution in [2.75, 3.05) is 6.61 Å². The molecule has 0 unspecified atom stereocenters. The zero-order valence-electron chi connectivity index (χ0n) is 12.5. The Hall–Kier alpha value is -2.09. The first-order valence-corrected chi connectivity index (χ1v) is 8.04. The van der Waals surface area contributed by atoms with Gasteiger partial charge in [0, 0.05) is 5.92 Å². The second-order valence-electron chi connectivity index (χ2n) is 6.14. The van der Waals surface area contributed by atoms with Crippen LogP contribution in [0.25, 0.3) is 11.1 Å². The van der Waals surface area contributed by atoms with E-state index in [1.807, 2.05) is 0 Å². The number of hydrogen-bond acceptors (Lipinski definition) is 2. The summed E-state index contributed by atoms with van der Waals surface area (Å²) in [5.74, 6) is 1.05. The number of carbonyl (C=O) groups is 1. The summed E-state index contributed by atoms with van der Waals surface area (Å²) >= 11 is 0. The molecule has 4 rings (SSSR count). The summed E-state index contributed by atoms with van der Waals surface area (Å²) in [5, 5.41) is 0. The summed E-state index contributed by atoms with van der Waals surface area (Å²) in [6.45, 7) is 0.441. The lowest BCUT2D eigenvalue weighted by Gasteiger charge is -2.15. The SMILES string of the molecule is O=C(OCC1c2ccccc2-c2ccccc21)[C]1CCCC1. The predicted octanol–water partition coefficient (Wildman–Crippen LogP) is 4.49. The van der Waals surface area contributed by atoms with Crippen molar-refractivity contribution < 1.29 is 9.53 Å². The summed E-state index contributed by atoms with van der Waals surface area (Å²) < 4.78 is 5.65. The molecule has 111 valence electrons. The van der Waals surface area contributed by atoms with Crippen molar-refractivity contribution in [3.63, 3.8) is 0 Å². The van der Waals surface area contributed by atoms with E-state index in [1.165, 1.54) is 22.3 Å². The Morgan fingerprint density at radius 2 is 1.45 bits per heavy atom. The van der Waals surface area contributed by atoms with E-state index in [0.29, 0.717) is 6.61 Å². The smallest absolute Gasteiger partial charge is 0.313 e. The van der Waals surface area contributed by atoms with Crippen LogP contribution < -0.4 is 0 Å². The van der Waals surface area contributed by atoms with Crippen LogP contribution in [0.5, 0.6) is 0 Å². The molecule has 0 spiro atoms. The van der Waals surface area contributed by atoms with Crippen LogP contribution in [0.15, 0.2) is 48.5 Å². The van der Waals surface area contributed by atoms with Gasteiger partial charge in [-0.2, -0.15) is 0 Å². The van der Waals surface area contributed by atoms with Gasteiger partial charge in [-0.15, -0.1) is 0 Å². The van der Waals surface area contributed by atoms with Crippen LogP contribution in [-0.4, -0.2) is 12.6 Å². The molecule has 2 aromatic rings. The highest BCUT2D eigenvalue weighted by Gasteiger charge is 2.31. The lowest BCUT2D eigenvalue weighted by molar-refractivity contribution is -0.141. The quantitative estimate of drug-likeness (QED) is 0.779. The van der Waals surface area contributed by atoms with Crippen LogP contribution in [0.1, 0.15) is 42.7 Å². The standard InChI is InChI=1S/C20H19O2/c21-20(14-7-1-2-8-14)22-13-19-17-11-5-3-9-15(17)16-10-4-6-12-18(16)19/h3-6,9-12,19H,1-2,7-8,13H2. The second kappa shape index (κ2) is 5.60. The van der Waals surface area contributed by atoms with Gasteiger partial charge in [0.1, 0.15) is 6.61 Å². The molecular weight excluding hydrogens is 272 g/mol. The third-order valence-electron chi connectivity index (χ3n) is 4.84. The monoisotopic (exact) mass is 291 g/mol. The average Bonchev–Trinajstić information content (AvgIpc) is 3.20. The van der Waals surface area contributed by atoms with E-state index in [-0.39, 0.29) is 11.9 Å². The number of hydrogen-bond donors (Lipinski definition) is 0. The Morgan fingerprint density at radius 1 is 0.909 bits per heavy atom. The maximum Gasteiger partial charge on any atom is 0.313 e. The predicted molar refractivity (Wildman–Crippen MR) is 86.4 cm³/mol. The summed E-state index contributed by atoms with van der Waals surface area (Å²) in [5.41, 5.74) is 5.08. The first-order chi connectivity index (χ1) is 10.8. The molecular formula is C20H19O2. The molecule has 1 saturated carbocycles. The van der Waals surface area contributed by atoms with Gasteiger partial charge in [0.2, 0.25) is 0 Å². The number of esters is 1. The minimum atomic E-state index is -0.0839. The molecule has 22 heavy (non-hydrogen) atoms. The molecule has 2 heteroatoms. The van der Waals surface area contributed by atoms with Crippen LogP contribution in [0, 0.1) is 5.92 Å². The Kier molecular flexibility index (Phi) is 3.45. The third-order valence-corrected chi connectivity index (χ3v) is 4.84. The van der Waals surface area contributed by atoms with Gasteiger partial charge in [0.05, 0.1) is 5.92 Å². The van der Waals surface area contributed by atoms with Gasteiger partial charge in [0.25, 0.3) is 0 Å². The van der Waals surface area contributed by atoms with Crippen molar-refractivity contribution in [3.8, 4) is 11.1 Å². The van der Waals surface area contributed by atoms with Gasteiger partial charge in [-0.05, 0) is 35.1 Å². The second-order valence-corrected chi connectivity index (χ2v) is 6.14. The average molecular weight is 291 g/mol. The van der Waals surface area contributed by atoms with E-state index in [2.05, 4.69) is 48.5 Å². The van der Waals surface area contributed by atoms with Crippen molar-refractivity contribution in [1.82, 2.24) is 0 Å². The Morgan fingerprint density at radius 3 is 2.05 bits per heavy atom. The van der Waals surface area contributed by atoms with Crippen molar-refractivity contribution in [3.05, 3.63) is 65.6 Å². The topological polar surface area (TPSA) is 26.3 Å². The molecule has 0 amide bonds. The van der Waals surface area contributed by atoms with Gasteiger partial charge in [-0.25, -0.2) is 0 Å². The molecule has 0 N–H and O–H groups in total. The van der Waals surface area contributed by atoms with Crippen LogP contribution in [-0.2, 0) is 9.53 Å². The molecule has 1 radical (unpaired) electrons. The van der Waals surface area contributed by atoms with Crippen LogP contribution in [0.4, 0.5) is 0 Å². The first-order valence-electron chi connectivity index (χ1n) is 8.04. The van der Waals surface area contributed by atoms with E-state index < -0.39 is 0 Å². The molecule has 2 aliphatic carbocycles. The van der Waals surface area contributed by atoms with E-state index in [4.69, 9.17) is 4.74 Å². The number of ether oxygens (including phenoxy) is 1. The maximum atomic E-state index is 12.2. The van der Waals surface area contributed by atoms with Gasteiger partial charge in [0.15, 0.2) is 0 Å².